The Hall–Kier alpha value is -3.56. The lowest BCUT2D eigenvalue weighted by Crippen LogP contribution is -2.29. The Morgan fingerprint density at radius 3 is 2.56 bits per heavy atom. The van der Waals surface area contributed by atoms with Gasteiger partial charge in [0.1, 0.15) is 5.82 Å². The highest BCUT2D eigenvalue weighted by Crippen LogP contribution is 2.37. The second-order valence-electron chi connectivity index (χ2n) is 8.53. The molecule has 0 spiro atoms. The van der Waals surface area contributed by atoms with Crippen molar-refractivity contribution in [3.8, 4) is 0 Å². The minimum Gasteiger partial charge on any atom is -0.320 e. The van der Waals surface area contributed by atoms with Crippen LogP contribution in [0.3, 0.4) is 0 Å². The number of carbonyl (C=O) groups excluding carboxylic acids is 2. The monoisotopic (exact) mass is 562 g/mol. The van der Waals surface area contributed by atoms with E-state index in [9.17, 15) is 14.0 Å². The first-order valence-electron chi connectivity index (χ1n) is 11.2. The Kier molecular flexibility index (Phi) is 6.59. The molecule has 1 fully saturated rings. The SMILES string of the molecule is CC(C)c1cccc(N2C(=O)C(=Cc3ccc(F)cc3)SC2=NN=C2C(=O)Nc3ccc(Br)cc32)c1. The molecule has 2 aliphatic rings. The molecule has 0 unspecified atom stereocenters. The third kappa shape index (κ3) is 4.76. The minimum atomic E-state index is -0.364. The summed E-state index contributed by atoms with van der Waals surface area (Å²) < 4.78 is 14.2. The maximum absolute atomic E-state index is 13.5. The molecule has 0 saturated carbocycles. The Morgan fingerprint density at radius 2 is 1.81 bits per heavy atom. The van der Waals surface area contributed by atoms with Gasteiger partial charge in [0.25, 0.3) is 11.8 Å². The fraction of sp³-hybridized carbons (Fsp3) is 0.111. The second-order valence-corrected chi connectivity index (χ2v) is 10.5. The number of thioether (sulfide) groups is 1. The zero-order valence-electron chi connectivity index (χ0n) is 19.3. The van der Waals surface area contributed by atoms with Crippen molar-refractivity contribution in [1.82, 2.24) is 0 Å². The molecule has 9 heteroatoms. The first-order valence-corrected chi connectivity index (χ1v) is 12.8. The first-order chi connectivity index (χ1) is 17.3. The summed E-state index contributed by atoms with van der Waals surface area (Å²) >= 11 is 4.57. The van der Waals surface area contributed by atoms with Gasteiger partial charge >= 0.3 is 0 Å². The molecule has 0 aromatic heterocycles. The van der Waals surface area contributed by atoms with Gasteiger partial charge in [0.15, 0.2) is 5.71 Å². The van der Waals surface area contributed by atoms with Gasteiger partial charge in [-0.1, -0.05) is 54.0 Å². The maximum Gasteiger partial charge on any atom is 0.276 e. The van der Waals surface area contributed by atoms with Gasteiger partial charge in [-0.05, 0) is 77.3 Å². The quantitative estimate of drug-likeness (QED) is 0.289. The summed E-state index contributed by atoms with van der Waals surface area (Å²) in [7, 11) is 0. The number of hydrogen-bond acceptors (Lipinski definition) is 5. The molecule has 36 heavy (non-hydrogen) atoms. The van der Waals surface area contributed by atoms with Gasteiger partial charge in [0.2, 0.25) is 5.17 Å². The van der Waals surface area contributed by atoms with Gasteiger partial charge in [0.05, 0.1) is 16.3 Å². The molecule has 0 radical (unpaired) electrons. The molecule has 3 aromatic carbocycles. The van der Waals surface area contributed by atoms with Crippen molar-refractivity contribution in [2.24, 2.45) is 10.2 Å². The van der Waals surface area contributed by atoms with Crippen molar-refractivity contribution in [1.29, 1.82) is 0 Å². The minimum absolute atomic E-state index is 0.165. The van der Waals surface area contributed by atoms with E-state index in [4.69, 9.17) is 0 Å². The van der Waals surface area contributed by atoms with E-state index < -0.39 is 0 Å². The van der Waals surface area contributed by atoms with E-state index in [0.717, 1.165) is 21.8 Å². The average molecular weight is 563 g/mol. The van der Waals surface area contributed by atoms with E-state index in [2.05, 4.69) is 45.3 Å². The number of amides is 2. The zero-order chi connectivity index (χ0) is 25.4. The van der Waals surface area contributed by atoms with Crippen LogP contribution in [0.1, 0.15) is 36.5 Å². The summed E-state index contributed by atoms with van der Waals surface area (Å²) in [4.78, 5) is 28.0. The third-order valence-electron chi connectivity index (χ3n) is 5.70. The standard InChI is InChI=1S/C27H20BrFN4O2S/c1-15(2)17-4-3-5-20(13-17)33-26(35)23(12-16-6-9-19(29)10-7-16)36-27(33)32-31-24-21-14-18(28)8-11-22(21)30-25(24)34/h3-15H,1-2H3,(H,30,31,34). The fourth-order valence-corrected chi connectivity index (χ4v) is 5.11. The number of hydrogen-bond donors (Lipinski definition) is 1. The average Bonchev–Trinajstić information content (AvgIpc) is 3.34. The smallest absolute Gasteiger partial charge is 0.276 e. The summed E-state index contributed by atoms with van der Waals surface area (Å²) in [5, 5.41) is 11.7. The number of rotatable bonds is 4. The number of anilines is 2. The van der Waals surface area contributed by atoms with E-state index in [0.29, 0.717) is 32.6 Å². The lowest BCUT2D eigenvalue weighted by molar-refractivity contribution is -0.113. The Balaban J connectivity index is 1.59. The number of halogens is 2. The molecular formula is C27H20BrFN4O2S. The number of nitrogens with zero attached hydrogens (tertiary/aromatic N) is 3. The summed E-state index contributed by atoms with van der Waals surface area (Å²) in [6, 6.07) is 19.0. The summed E-state index contributed by atoms with van der Waals surface area (Å²) in [5.74, 6) is -0.725. The number of fused-ring (bicyclic) bond motifs is 1. The van der Waals surface area contributed by atoms with Crippen LogP contribution >= 0.6 is 27.7 Å². The molecule has 0 atom stereocenters. The molecule has 2 amide bonds. The molecule has 1 saturated heterocycles. The Bertz CT molecular complexity index is 1480. The molecule has 2 aliphatic heterocycles. The molecule has 5 rings (SSSR count). The highest BCUT2D eigenvalue weighted by molar-refractivity contribution is 9.10. The fourth-order valence-electron chi connectivity index (χ4n) is 3.82. The molecule has 180 valence electrons. The van der Waals surface area contributed by atoms with Crippen LogP contribution in [-0.2, 0) is 9.59 Å². The van der Waals surface area contributed by atoms with Crippen molar-refractivity contribution >= 4 is 67.8 Å². The van der Waals surface area contributed by atoms with Crippen LogP contribution in [0.5, 0.6) is 0 Å². The molecule has 0 aliphatic carbocycles. The second kappa shape index (κ2) is 9.83. The van der Waals surface area contributed by atoms with Crippen LogP contribution in [0.25, 0.3) is 6.08 Å². The highest BCUT2D eigenvalue weighted by Gasteiger charge is 2.35. The van der Waals surface area contributed by atoms with Gasteiger partial charge in [-0.3, -0.25) is 14.5 Å². The Morgan fingerprint density at radius 1 is 1.03 bits per heavy atom. The predicted molar refractivity (Wildman–Crippen MR) is 147 cm³/mol. The van der Waals surface area contributed by atoms with E-state index >= 15 is 0 Å². The molecule has 3 aromatic rings. The molecule has 1 N–H and O–H groups in total. The predicted octanol–water partition coefficient (Wildman–Crippen LogP) is 6.54. The summed E-state index contributed by atoms with van der Waals surface area (Å²) in [5.41, 5.74) is 3.85. The van der Waals surface area contributed by atoms with E-state index in [1.54, 1.807) is 30.3 Å². The van der Waals surface area contributed by atoms with Crippen molar-refractivity contribution < 1.29 is 14.0 Å². The zero-order valence-corrected chi connectivity index (χ0v) is 21.7. The molecular weight excluding hydrogens is 543 g/mol. The van der Waals surface area contributed by atoms with Crippen LogP contribution in [0.15, 0.2) is 86.3 Å². The van der Waals surface area contributed by atoms with Gasteiger partial charge in [-0.15, -0.1) is 10.2 Å². The van der Waals surface area contributed by atoms with E-state index in [-0.39, 0.29) is 29.3 Å². The van der Waals surface area contributed by atoms with Gasteiger partial charge < -0.3 is 5.32 Å². The van der Waals surface area contributed by atoms with Gasteiger partial charge in [-0.25, -0.2) is 4.39 Å². The highest BCUT2D eigenvalue weighted by atomic mass is 79.9. The van der Waals surface area contributed by atoms with Crippen molar-refractivity contribution in [2.45, 2.75) is 19.8 Å². The lowest BCUT2D eigenvalue weighted by Gasteiger charge is -2.17. The summed E-state index contributed by atoms with van der Waals surface area (Å²) in [6.07, 6.45) is 1.69. The third-order valence-corrected chi connectivity index (χ3v) is 7.16. The van der Waals surface area contributed by atoms with Crippen molar-refractivity contribution in [3.63, 3.8) is 0 Å². The molecule has 0 bridgehead atoms. The van der Waals surface area contributed by atoms with Crippen LogP contribution in [0.4, 0.5) is 15.8 Å². The van der Waals surface area contributed by atoms with Crippen molar-refractivity contribution in [3.05, 3.63) is 98.6 Å². The number of benzene rings is 3. The first kappa shape index (κ1) is 24.1. The van der Waals surface area contributed by atoms with Crippen molar-refractivity contribution in [2.75, 3.05) is 10.2 Å². The van der Waals surface area contributed by atoms with Gasteiger partial charge in [-0.2, -0.15) is 0 Å². The van der Waals surface area contributed by atoms with Crippen LogP contribution in [0.2, 0.25) is 0 Å². The Labute approximate surface area is 220 Å². The largest absolute Gasteiger partial charge is 0.320 e. The summed E-state index contributed by atoms with van der Waals surface area (Å²) in [6.45, 7) is 4.16. The topological polar surface area (TPSA) is 74.1 Å². The lowest BCUT2D eigenvalue weighted by atomic mass is 10.0. The number of carbonyl (C=O) groups is 2. The van der Waals surface area contributed by atoms with Gasteiger partial charge in [0, 0.05) is 10.0 Å². The van der Waals surface area contributed by atoms with Crippen LogP contribution in [-0.4, -0.2) is 22.7 Å². The van der Waals surface area contributed by atoms with Crippen LogP contribution < -0.4 is 10.2 Å². The molecule has 2 heterocycles. The van der Waals surface area contributed by atoms with E-state index in [1.807, 2.05) is 30.3 Å². The normalized spacial score (nSPS) is 18.6. The number of nitrogens with one attached hydrogen (secondary N) is 1. The maximum atomic E-state index is 13.5. The number of amidine groups is 1. The van der Waals surface area contributed by atoms with E-state index in [1.165, 1.54) is 17.0 Å². The van der Waals surface area contributed by atoms with Crippen LogP contribution in [0, 0.1) is 5.82 Å². The molecule has 6 nitrogen and oxygen atoms in total.